The lowest BCUT2D eigenvalue weighted by Crippen LogP contribution is -2.20. The molecule has 1 aliphatic rings. The van der Waals surface area contributed by atoms with Crippen molar-refractivity contribution in [3.05, 3.63) is 6.92 Å². The minimum absolute atomic E-state index is 0.571. The molecule has 1 aliphatic heterocycles. The van der Waals surface area contributed by atoms with E-state index in [1.807, 2.05) is 11.8 Å². The second kappa shape index (κ2) is 5.04. The summed E-state index contributed by atoms with van der Waals surface area (Å²) >= 11 is 2.02. The van der Waals surface area contributed by atoms with Gasteiger partial charge >= 0.3 is 0 Å². The van der Waals surface area contributed by atoms with E-state index in [2.05, 4.69) is 13.8 Å². The molecule has 1 radical (unpaired) electrons. The van der Waals surface area contributed by atoms with Gasteiger partial charge in [0.2, 0.25) is 0 Å². The fourth-order valence-corrected chi connectivity index (χ4v) is 2.27. The van der Waals surface area contributed by atoms with Gasteiger partial charge in [0.25, 0.3) is 0 Å². The third-order valence-electron chi connectivity index (χ3n) is 1.73. The quantitative estimate of drug-likeness (QED) is 0.648. The van der Waals surface area contributed by atoms with Crippen LogP contribution in [-0.2, 0) is 4.74 Å². The van der Waals surface area contributed by atoms with Crippen LogP contribution in [0.25, 0.3) is 0 Å². The highest BCUT2D eigenvalue weighted by Gasteiger charge is 2.13. The Balaban J connectivity index is 2.05. The van der Waals surface area contributed by atoms with Crippen LogP contribution in [0.2, 0.25) is 0 Å². The molecule has 1 heterocycles. The molecule has 0 saturated carbocycles. The van der Waals surface area contributed by atoms with Crippen LogP contribution >= 0.6 is 11.8 Å². The first-order valence-corrected chi connectivity index (χ1v) is 5.36. The standard InChI is InChI=1S/C9H17OS/c1-8(2)7-11-9-4-3-5-10-6-9/h8-9H,1,3-7H2,2H3. The predicted octanol–water partition coefficient (Wildman–Crippen LogP) is 2.37. The Morgan fingerprint density at radius 2 is 2.55 bits per heavy atom. The van der Waals surface area contributed by atoms with Gasteiger partial charge in [-0.15, -0.1) is 0 Å². The zero-order valence-corrected chi connectivity index (χ0v) is 8.03. The van der Waals surface area contributed by atoms with Crippen molar-refractivity contribution >= 4 is 11.8 Å². The van der Waals surface area contributed by atoms with Gasteiger partial charge in [-0.25, -0.2) is 0 Å². The summed E-state index contributed by atoms with van der Waals surface area (Å²) in [7, 11) is 0. The van der Waals surface area contributed by atoms with E-state index in [1.54, 1.807) is 0 Å². The van der Waals surface area contributed by atoms with Crippen LogP contribution in [-0.4, -0.2) is 24.2 Å². The lowest BCUT2D eigenvalue weighted by atomic mass is 10.2. The van der Waals surface area contributed by atoms with Gasteiger partial charge in [-0.3, -0.25) is 0 Å². The third-order valence-corrected chi connectivity index (χ3v) is 3.34. The van der Waals surface area contributed by atoms with Gasteiger partial charge in [0.05, 0.1) is 6.61 Å². The van der Waals surface area contributed by atoms with Gasteiger partial charge in [0.1, 0.15) is 0 Å². The van der Waals surface area contributed by atoms with E-state index in [0.29, 0.717) is 5.92 Å². The average molecular weight is 173 g/mol. The van der Waals surface area contributed by atoms with Crippen molar-refractivity contribution in [3.63, 3.8) is 0 Å². The highest BCUT2D eigenvalue weighted by atomic mass is 32.2. The number of hydrogen-bond acceptors (Lipinski definition) is 2. The summed E-state index contributed by atoms with van der Waals surface area (Å²) in [6.45, 7) is 8.05. The van der Waals surface area contributed by atoms with Crippen LogP contribution in [0.5, 0.6) is 0 Å². The third kappa shape index (κ3) is 4.02. The number of thioether (sulfide) groups is 1. The molecule has 0 bridgehead atoms. The van der Waals surface area contributed by atoms with Crippen molar-refractivity contribution in [1.29, 1.82) is 0 Å². The fourth-order valence-electron chi connectivity index (χ4n) is 1.14. The average Bonchev–Trinajstić information content (AvgIpc) is 2.03. The molecule has 2 unspecified atom stereocenters. The molecule has 0 N–H and O–H groups in total. The van der Waals surface area contributed by atoms with E-state index >= 15 is 0 Å². The Kier molecular flexibility index (Phi) is 4.31. The van der Waals surface area contributed by atoms with Crippen molar-refractivity contribution in [3.8, 4) is 0 Å². The van der Waals surface area contributed by atoms with Crippen LogP contribution in [0.1, 0.15) is 19.8 Å². The monoisotopic (exact) mass is 173 g/mol. The molecule has 0 aromatic heterocycles. The molecule has 1 nitrogen and oxygen atoms in total. The molecule has 2 atom stereocenters. The fraction of sp³-hybridized carbons (Fsp3) is 0.889. The minimum atomic E-state index is 0.571. The van der Waals surface area contributed by atoms with E-state index in [1.165, 1.54) is 18.6 Å². The molecule has 0 aromatic carbocycles. The molecule has 1 fully saturated rings. The molecule has 0 spiro atoms. The van der Waals surface area contributed by atoms with Crippen LogP contribution in [0, 0.1) is 12.8 Å². The molecule has 0 amide bonds. The second-order valence-electron chi connectivity index (χ2n) is 3.28. The van der Waals surface area contributed by atoms with E-state index < -0.39 is 0 Å². The molecular formula is C9H17OS. The minimum Gasteiger partial charge on any atom is -0.380 e. The summed E-state index contributed by atoms with van der Waals surface area (Å²) in [5, 5.41) is 0.743. The Hall–Kier alpha value is 0.310. The van der Waals surface area contributed by atoms with Crippen molar-refractivity contribution in [2.75, 3.05) is 19.0 Å². The number of rotatable bonds is 3. The van der Waals surface area contributed by atoms with Crippen LogP contribution in [0.3, 0.4) is 0 Å². The lowest BCUT2D eigenvalue weighted by molar-refractivity contribution is 0.101. The van der Waals surface area contributed by atoms with E-state index in [9.17, 15) is 0 Å². The molecule has 1 saturated heterocycles. The maximum absolute atomic E-state index is 5.37. The predicted molar refractivity (Wildman–Crippen MR) is 50.8 cm³/mol. The molecule has 0 aromatic rings. The first kappa shape index (κ1) is 9.40. The summed E-state index contributed by atoms with van der Waals surface area (Å²) in [5.41, 5.74) is 0. The van der Waals surface area contributed by atoms with Crippen molar-refractivity contribution in [2.24, 2.45) is 5.92 Å². The van der Waals surface area contributed by atoms with Gasteiger partial charge in [-0.05, 0) is 31.4 Å². The Bertz CT molecular complexity index is 97.7. The topological polar surface area (TPSA) is 9.23 Å². The SMILES string of the molecule is [CH2]C(C)CSC1CCCOC1. The van der Waals surface area contributed by atoms with E-state index in [4.69, 9.17) is 4.74 Å². The maximum Gasteiger partial charge on any atom is 0.0585 e. The van der Waals surface area contributed by atoms with Crippen LogP contribution in [0.15, 0.2) is 0 Å². The molecular weight excluding hydrogens is 156 g/mol. The summed E-state index contributed by atoms with van der Waals surface area (Å²) < 4.78 is 5.37. The van der Waals surface area contributed by atoms with Gasteiger partial charge in [0, 0.05) is 11.9 Å². The Morgan fingerprint density at radius 3 is 3.09 bits per heavy atom. The summed E-state index contributed by atoms with van der Waals surface area (Å²) in [5.74, 6) is 1.75. The summed E-state index contributed by atoms with van der Waals surface area (Å²) in [4.78, 5) is 0. The van der Waals surface area contributed by atoms with Crippen molar-refractivity contribution in [2.45, 2.75) is 25.0 Å². The van der Waals surface area contributed by atoms with Gasteiger partial charge in [-0.2, -0.15) is 11.8 Å². The van der Waals surface area contributed by atoms with E-state index in [-0.39, 0.29) is 0 Å². The Morgan fingerprint density at radius 1 is 1.73 bits per heavy atom. The van der Waals surface area contributed by atoms with Crippen LogP contribution < -0.4 is 0 Å². The molecule has 2 heteroatoms. The maximum atomic E-state index is 5.37. The molecule has 65 valence electrons. The normalized spacial score (nSPS) is 25.9. The highest BCUT2D eigenvalue weighted by Crippen LogP contribution is 2.22. The number of hydrogen-bond donors (Lipinski definition) is 0. The molecule has 11 heavy (non-hydrogen) atoms. The Labute approximate surface area is 73.9 Å². The van der Waals surface area contributed by atoms with Gasteiger partial charge in [0.15, 0.2) is 0 Å². The highest BCUT2D eigenvalue weighted by molar-refractivity contribution is 7.99. The molecule has 1 rings (SSSR count). The van der Waals surface area contributed by atoms with Crippen molar-refractivity contribution < 1.29 is 4.74 Å². The first-order chi connectivity index (χ1) is 5.29. The molecule has 0 aliphatic carbocycles. The zero-order chi connectivity index (χ0) is 8.10. The van der Waals surface area contributed by atoms with Crippen molar-refractivity contribution in [1.82, 2.24) is 0 Å². The van der Waals surface area contributed by atoms with E-state index in [0.717, 1.165) is 18.5 Å². The van der Waals surface area contributed by atoms with Gasteiger partial charge in [-0.1, -0.05) is 6.92 Å². The summed E-state index contributed by atoms with van der Waals surface area (Å²) in [6.07, 6.45) is 2.57. The lowest BCUT2D eigenvalue weighted by Gasteiger charge is -2.22. The first-order valence-electron chi connectivity index (χ1n) is 4.31. The van der Waals surface area contributed by atoms with Crippen LogP contribution in [0.4, 0.5) is 0 Å². The largest absolute Gasteiger partial charge is 0.380 e. The zero-order valence-electron chi connectivity index (χ0n) is 7.21. The second-order valence-corrected chi connectivity index (χ2v) is 4.61. The summed E-state index contributed by atoms with van der Waals surface area (Å²) in [6, 6.07) is 0. The number of ether oxygens (including phenoxy) is 1. The smallest absolute Gasteiger partial charge is 0.0585 e. The van der Waals surface area contributed by atoms with Gasteiger partial charge < -0.3 is 4.74 Å².